The molecule has 2 rings (SSSR count). The highest BCUT2D eigenvalue weighted by atomic mass is 35.5. The van der Waals surface area contributed by atoms with Gasteiger partial charge in [0.15, 0.2) is 5.13 Å². The summed E-state index contributed by atoms with van der Waals surface area (Å²) < 4.78 is 38.6. The first-order chi connectivity index (χ1) is 9.77. The number of anilines is 2. The molecule has 3 N–H and O–H groups in total. The van der Waals surface area contributed by atoms with Crippen LogP contribution in [-0.4, -0.2) is 10.9 Å². The Balaban J connectivity index is 2.21. The van der Waals surface area contributed by atoms with E-state index in [9.17, 15) is 18.0 Å². The second-order valence-corrected chi connectivity index (χ2v) is 5.36. The summed E-state index contributed by atoms with van der Waals surface area (Å²) in [5.74, 6) is -0.654. The Labute approximate surface area is 126 Å². The standard InChI is InChI=1S/C12H9ClF3N3OS/c13-8-3-1-2-7(12(14,15)16)10(8)19-9(20)4-6-5-21-11(17)18-6/h1-3,5H,4H2,(H2,17,18)(H,19,20). The average molecular weight is 336 g/mol. The molecule has 0 radical (unpaired) electrons. The number of para-hydroxylation sites is 1. The molecule has 0 atom stereocenters. The molecule has 9 heteroatoms. The second kappa shape index (κ2) is 5.90. The van der Waals surface area contributed by atoms with Gasteiger partial charge in [-0.15, -0.1) is 11.3 Å². The first-order valence-corrected chi connectivity index (χ1v) is 6.88. The number of nitrogens with zero attached hydrogens (tertiary/aromatic N) is 1. The number of nitrogens with one attached hydrogen (secondary N) is 1. The quantitative estimate of drug-likeness (QED) is 0.901. The molecule has 0 bridgehead atoms. The van der Waals surface area contributed by atoms with Crippen molar-refractivity contribution in [2.24, 2.45) is 0 Å². The molecule has 0 aliphatic rings. The van der Waals surface area contributed by atoms with Gasteiger partial charge in [-0.2, -0.15) is 13.2 Å². The molecule has 0 aliphatic heterocycles. The highest BCUT2D eigenvalue weighted by Crippen LogP contribution is 2.38. The zero-order valence-corrected chi connectivity index (χ0v) is 11.9. The number of halogens is 4. The number of thiazole rings is 1. The number of rotatable bonds is 3. The van der Waals surface area contributed by atoms with E-state index in [1.165, 1.54) is 12.1 Å². The summed E-state index contributed by atoms with van der Waals surface area (Å²) >= 11 is 6.88. The van der Waals surface area contributed by atoms with E-state index in [0.29, 0.717) is 5.69 Å². The van der Waals surface area contributed by atoms with E-state index in [-0.39, 0.29) is 16.6 Å². The van der Waals surface area contributed by atoms with Crippen molar-refractivity contribution >= 4 is 39.7 Å². The summed E-state index contributed by atoms with van der Waals surface area (Å²) in [6.07, 6.45) is -4.80. The predicted octanol–water partition coefficient (Wildman–Crippen LogP) is 3.58. The minimum atomic E-state index is -4.61. The van der Waals surface area contributed by atoms with E-state index in [1.54, 1.807) is 5.38 Å². The summed E-state index contributed by atoms with van der Waals surface area (Å²) in [6, 6.07) is 3.29. The summed E-state index contributed by atoms with van der Waals surface area (Å²) in [5.41, 5.74) is 4.35. The van der Waals surface area contributed by atoms with Crippen molar-refractivity contribution in [3.8, 4) is 0 Å². The number of amides is 1. The molecule has 2 aromatic rings. The van der Waals surface area contributed by atoms with Gasteiger partial charge in [0.25, 0.3) is 0 Å². The Hall–Kier alpha value is -1.80. The van der Waals surface area contributed by atoms with Gasteiger partial charge in [-0.05, 0) is 12.1 Å². The molecule has 0 spiro atoms. The van der Waals surface area contributed by atoms with E-state index in [2.05, 4.69) is 10.3 Å². The number of benzene rings is 1. The van der Waals surface area contributed by atoms with Gasteiger partial charge in [0.2, 0.25) is 5.91 Å². The lowest BCUT2D eigenvalue weighted by Crippen LogP contribution is -2.18. The van der Waals surface area contributed by atoms with Crippen molar-refractivity contribution < 1.29 is 18.0 Å². The zero-order valence-electron chi connectivity index (χ0n) is 10.4. The fourth-order valence-corrected chi connectivity index (χ4v) is 2.42. The number of nitrogens with two attached hydrogens (primary N) is 1. The molecule has 1 amide bonds. The van der Waals surface area contributed by atoms with Crippen LogP contribution >= 0.6 is 22.9 Å². The fourth-order valence-electron chi connectivity index (χ4n) is 1.64. The minimum absolute atomic E-state index is 0.184. The van der Waals surface area contributed by atoms with E-state index < -0.39 is 23.3 Å². The SMILES string of the molecule is Nc1nc(CC(=O)Nc2c(Cl)cccc2C(F)(F)F)cs1. The van der Waals surface area contributed by atoms with E-state index >= 15 is 0 Å². The van der Waals surface area contributed by atoms with E-state index in [0.717, 1.165) is 17.4 Å². The van der Waals surface area contributed by atoms with Crippen LogP contribution in [0.2, 0.25) is 5.02 Å². The van der Waals surface area contributed by atoms with Crippen molar-refractivity contribution in [2.75, 3.05) is 11.1 Å². The lowest BCUT2D eigenvalue weighted by Gasteiger charge is -2.14. The minimum Gasteiger partial charge on any atom is -0.375 e. The Morgan fingerprint density at radius 2 is 2.14 bits per heavy atom. The molecular weight excluding hydrogens is 327 g/mol. The average Bonchev–Trinajstić information content (AvgIpc) is 2.75. The Morgan fingerprint density at radius 3 is 2.71 bits per heavy atom. The highest BCUT2D eigenvalue weighted by molar-refractivity contribution is 7.13. The van der Waals surface area contributed by atoms with Crippen LogP contribution < -0.4 is 11.1 Å². The number of carbonyl (C=O) groups is 1. The number of aromatic nitrogens is 1. The smallest absolute Gasteiger partial charge is 0.375 e. The van der Waals surface area contributed by atoms with Crippen LogP contribution in [0.15, 0.2) is 23.6 Å². The molecule has 1 aromatic carbocycles. The van der Waals surface area contributed by atoms with Crippen LogP contribution in [0.4, 0.5) is 24.0 Å². The molecule has 112 valence electrons. The van der Waals surface area contributed by atoms with Crippen LogP contribution in [0.3, 0.4) is 0 Å². The van der Waals surface area contributed by atoms with Crippen LogP contribution in [0.1, 0.15) is 11.3 Å². The second-order valence-electron chi connectivity index (χ2n) is 4.06. The third-order valence-corrected chi connectivity index (χ3v) is 3.53. The Morgan fingerprint density at radius 1 is 1.43 bits per heavy atom. The molecule has 0 saturated heterocycles. The molecule has 0 aliphatic carbocycles. The molecule has 1 aromatic heterocycles. The van der Waals surface area contributed by atoms with Gasteiger partial charge in [0.05, 0.1) is 28.4 Å². The van der Waals surface area contributed by atoms with Crippen molar-refractivity contribution in [1.29, 1.82) is 0 Å². The molecule has 1 heterocycles. The van der Waals surface area contributed by atoms with E-state index in [4.69, 9.17) is 17.3 Å². The van der Waals surface area contributed by atoms with Crippen molar-refractivity contribution in [2.45, 2.75) is 12.6 Å². The van der Waals surface area contributed by atoms with Crippen molar-refractivity contribution in [3.05, 3.63) is 39.9 Å². The number of hydrogen-bond donors (Lipinski definition) is 2. The summed E-state index contributed by atoms with van der Waals surface area (Å²) in [7, 11) is 0. The number of alkyl halides is 3. The van der Waals surface area contributed by atoms with Gasteiger partial charge in [-0.25, -0.2) is 4.98 Å². The fraction of sp³-hybridized carbons (Fsp3) is 0.167. The monoisotopic (exact) mass is 335 g/mol. The van der Waals surface area contributed by atoms with Gasteiger partial charge in [-0.3, -0.25) is 4.79 Å². The third kappa shape index (κ3) is 3.85. The number of nitrogen functional groups attached to an aromatic ring is 1. The summed E-state index contributed by atoms with van der Waals surface area (Å²) in [6.45, 7) is 0. The molecule has 4 nitrogen and oxygen atoms in total. The molecule has 0 fully saturated rings. The van der Waals surface area contributed by atoms with Crippen LogP contribution in [0, 0.1) is 0 Å². The molecular formula is C12H9ClF3N3OS. The molecule has 21 heavy (non-hydrogen) atoms. The maximum atomic E-state index is 12.9. The van der Waals surface area contributed by atoms with Gasteiger partial charge < -0.3 is 11.1 Å². The number of carbonyl (C=O) groups excluding carboxylic acids is 1. The largest absolute Gasteiger partial charge is 0.418 e. The lowest BCUT2D eigenvalue weighted by molar-refractivity contribution is -0.137. The van der Waals surface area contributed by atoms with Gasteiger partial charge in [0.1, 0.15) is 0 Å². The molecule has 0 unspecified atom stereocenters. The summed E-state index contributed by atoms with van der Waals surface area (Å²) in [5, 5.41) is 3.84. The van der Waals surface area contributed by atoms with E-state index in [1.807, 2.05) is 0 Å². The highest BCUT2D eigenvalue weighted by Gasteiger charge is 2.34. The molecule has 0 saturated carbocycles. The van der Waals surface area contributed by atoms with Gasteiger partial charge >= 0.3 is 6.18 Å². The van der Waals surface area contributed by atoms with Gasteiger partial charge in [0, 0.05) is 5.38 Å². The Kier molecular flexibility index (Phi) is 4.38. The predicted molar refractivity (Wildman–Crippen MR) is 75.3 cm³/mol. The summed E-state index contributed by atoms with van der Waals surface area (Å²) in [4.78, 5) is 15.7. The first kappa shape index (κ1) is 15.6. The third-order valence-electron chi connectivity index (χ3n) is 2.49. The lowest BCUT2D eigenvalue weighted by atomic mass is 10.1. The van der Waals surface area contributed by atoms with Crippen LogP contribution in [0.25, 0.3) is 0 Å². The van der Waals surface area contributed by atoms with Crippen molar-refractivity contribution in [1.82, 2.24) is 4.98 Å². The Bertz CT molecular complexity index is 672. The maximum Gasteiger partial charge on any atom is 0.418 e. The van der Waals surface area contributed by atoms with Crippen LogP contribution in [0.5, 0.6) is 0 Å². The number of hydrogen-bond acceptors (Lipinski definition) is 4. The normalized spacial score (nSPS) is 11.4. The zero-order chi connectivity index (χ0) is 15.6. The van der Waals surface area contributed by atoms with Crippen molar-refractivity contribution in [3.63, 3.8) is 0 Å². The van der Waals surface area contributed by atoms with Crippen LogP contribution in [-0.2, 0) is 17.4 Å². The topological polar surface area (TPSA) is 68.0 Å². The first-order valence-electron chi connectivity index (χ1n) is 5.63. The van der Waals surface area contributed by atoms with Gasteiger partial charge in [-0.1, -0.05) is 17.7 Å². The maximum absolute atomic E-state index is 12.9.